The van der Waals surface area contributed by atoms with Crippen LogP contribution < -0.4 is 19.7 Å². The first-order chi connectivity index (χ1) is 13.1. The minimum atomic E-state index is -0.227. The Morgan fingerprint density at radius 3 is 2.89 bits per heavy atom. The lowest BCUT2D eigenvalue weighted by molar-refractivity contribution is 0.0946. The third-order valence-corrected chi connectivity index (χ3v) is 4.93. The maximum absolute atomic E-state index is 12.4. The van der Waals surface area contributed by atoms with Gasteiger partial charge < -0.3 is 19.7 Å². The summed E-state index contributed by atoms with van der Waals surface area (Å²) in [6.07, 6.45) is 0. The van der Waals surface area contributed by atoms with Crippen LogP contribution in [0.25, 0.3) is 10.6 Å². The second-order valence-corrected chi connectivity index (χ2v) is 7.03. The molecule has 0 bridgehead atoms. The number of carbonyl (C=O) groups is 1. The highest BCUT2D eigenvalue weighted by Crippen LogP contribution is 2.36. The number of hydrogen-bond donors (Lipinski definition) is 1. The molecule has 0 unspecified atom stereocenters. The molecular formula is C19H18N4O3S. The van der Waals surface area contributed by atoms with Crippen LogP contribution in [-0.4, -0.2) is 36.8 Å². The average Bonchev–Trinajstić information content (AvgIpc) is 3.35. The number of fused-ring (bicyclic) bond motifs is 1. The second-order valence-electron chi connectivity index (χ2n) is 6.17. The number of thiazole rings is 1. The van der Waals surface area contributed by atoms with Gasteiger partial charge in [0.05, 0.1) is 12.2 Å². The van der Waals surface area contributed by atoms with Gasteiger partial charge in [-0.25, -0.2) is 9.97 Å². The molecule has 0 saturated carbocycles. The van der Waals surface area contributed by atoms with E-state index in [1.807, 2.05) is 55.4 Å². The van der Waals surface area contributed by atoms with E-state index in [2.05, 4.69) is 15.3 Å². The lowest BCUT2D eigenvalue weighted by Gasteiger charge is -2.12. The summed E-state index contributed by atoms with van der Waals surface area (Å²) in [6.45, 7) is 0.574. The Balaban J connectivity index is 1.44. The Bertz CT molecular complexity index is 987. The molecule has 0 spiro atoms. The number of hydrogen-bond acceptors (Lipinski definition) is 7. The van der Waals surface area contributed by atoms with Crippen molar-refractivity contribution >= 4 is 23.1 Å². The van der Waals surface area contributed by atoms with Crippen LogP contribution in [0.3, 0.4) is 0 Å². The first-order valence-corrected chi connectivity index (χ1v) is 9.25. The molecule has 3 aromatic rings. The fraction of sp³-hybridized carbons (Fsp3) is 0.211. The van der Waals surface area contributed by atoms with Crippen LogP contribution in [0.5, 0.6) is 11.5 Å². The van der Waals surface area contributed by atoms with Crippen LogP contribution in [0.15, 0.2) is 41.8 Å². The van der Waals surface area contributed by atoms with Crippen molar-refractivity contribution < 1.29 is 14.3 Å². The fourth-order valence-corrected chi connectivity index (χ4v) is 3.41. The van der Waals surface area contributed by atoms with E-state index >= 15 is 0 Å². The number of amides is 1. The molecule has 0 atom stereocenters. The zero-order valence-electron chi connectivity index (χ0n) is 14.9. The van der Waals surface area contributed by atoms with Gasteiger partial charge in [0.2, 0.25) is 6.79 Å². The number of pyridine rings is 1. The smallest absolute Gasteiger partial charge is 0.271 e. The van der Waals surface area contributed by atoms with Gasteiger partial charge in [-0.05, 0) is 30.3 Å². The van der Waals surface area contributed by atoms with E-state index in [0.29, 0.717) is 18.0 Å². The molecule has 0 saturated heterocycles. The molecule has 1 amide bonds. The minimum absolute atomic E-state index is 0.227. The summed E-state index contributed by atoms with van der Waals surface area (Å²) in [5, 5.41) is 5.37. The number of rotatable bonds is 5. The summed E-state index contributed by atoms with van der Waals surface area (Å²) in [6, 6.07) is 11.4. The summed E-state index contributed by atoms with van der Waals surface area (Å²) in [4.78, 5) is 23.3. The lowest BCUT2D eigenvalue weighted by Crippen LogP contribution is -2.24. The van der Waals surface area contributed by atoms with Gasteiger partial charge in [0.1, 0.15) is 16.5 Å². The number of benzene rings is 1. The van der Waals surface area contributed by atoms with E-state index < -0.39 is 0 Å². The SMILES string of the molecule is CN(C)c1cccc(CNC(=O)c2csc(-c3ccc4c(c3)OCO4)n2)n1. The average molecular weight is 382 g/mol. The number of nitrogens with zero attached hydrogens (tertiary/aromatic N) is 3. The minimum Gasteiger partial charge on any atom is -0.454 e. The van der Waals surface area contributed by atoms with Gasteiger partial charge in [-0.1, -0.05) is 6.07 Å². The Morgan fingerprint density at radius 2 is 2.04 bits per heavy atom. The van der Waals surface area contributed by atoms with Crippen molar-refractivity contribution in [3.8, 4) is 22.1 Å². The predicted molar refractivity (Wildman–Crippen MR) is 103 cm³/mol. The van der Waals surface area contributed by atoms with Crippen LogP contribution in [0.4, 0.5) is 5.82 Å². The normalized spacial score (nSPS) is 12.1. The van der Waals surface area contributed by atoms with Gasteiger partial charge in [0.15, 0.2) is 11.5 Å². The fourth-order valence-electron chi connectivity index (χ4n) is 2.62. The van der Waals surface area contributed by atoms with E-state index in [-0.39, 0.29) is 12.7 Å². The maximum Gasteiger partial charge on any atom is 0.271 e. The molecule has 0 aliphatic carbocycles. The standard InChI is InChI=1S/C19H18N4O3S/c1-23(2)17-5-3-4-13(21-17)9-20-18(24)14-10-27-19(22-14)12-6-7-15-16(8-12)26-11-25-15/h3-8,10H,9,11H2,1-2H3,(H,20,24). The summed E-state index contributed by atoms with van der Waals surface area (Å²) < 4.78 is 10.7. The molecule has 7 nitrogen and oxygen atoms in total. The molecule has 2 aromatic heterocycles. The van der Waals surface area contributed by atoms with Crippen molar-refractivity contribution in [1.29, 1.82) is 0 Å². The second kappa shape index (κ2) is 7.24. The predicted octanol–water partition coefficient (Wildman–Crippen LogP) is 2.93. The molecule has 0 radical (unpaired) electrons. The van der Waals surface area contributed by atoms with Crippen LogP contribution >= 0.6 is 11.3 Å². The molecule has 3 heterocycles. The first-order valence-electron chi connectivity index (χ1n) is 8.37. The topological polar surface area (TPSA) is 76.6 Å². The van der Waals surface area contributed by atoms with E-state index in [1.165, 1.54) is 11.3 Å². The van der Waals surface area contributed by atoms with Crippen molar-refractivity contribution in [2.45, 2.75) is 6.54 Å². The summed E-state index contributed by atoms with van der Waals surface area (Å²) in [5.41, 5.74) is 2.07. The zero-order valence-corrected chi connectivity index (χ0v) is 15.7. The number of aromatic nitrogens is 2. The zero-order chi connectivity index (χ0) is 18.8. The maximum atomic E-state index is 12.4. The molecule has 1 aromatic carbocycles. The van der Waals surface area contributed by atoms with Crippen LogP contribution in [0, 0.1) is 0 Å². The Labute approximate surface area is 160 Å². The largest absolute Gasteiger partial charge is 0.454 e. The van der Waals surface area contributed by atoms with Crippen molar-refractivity contribution in [2.75, 3.05) is 25.8 Å². The van der Waals surface area contributed by atoms with Gasteiger partial charge in [0.25, 0.3) is 5.91 Å². The van der Waals surface area contributed by atoms with E-state index in [4.69, 9.17) is 9.47 Å². The van der Waals surface area contributed by atoms with Gasteiger partial charge >= 0.3 is 0 Å². The van der Waals surface area contributed by atoms with E-state index in [1.54, 1.807) is 5.38 Å². The summed E-state index contributed by atoms with van der Waals surface area (Å²) in [5.74, 6) is 2.04. The molecule has 27 heavy (non-hydrogen) atoms. The number of anilines is 1. The summed E-state index contributed by atoms with van der Waals surface area (Å²) >= 11 is 1.41. The quantitative estimate of drug-likeness (QED) is 0.731. The number of nitrogens with one attached hydrogen (secondary N) is 1. The molecule has 0 fully saturated rings. The first kappa shape index (κ1) is 17.3. The molecule has 1 aliphatic rings. The van der Waals surface area contributed by atoms with Crippen molar-refractivity contribution in [3.05, 3.63) is 53.2 Å². The molecular weight excluding hydrogens is 364 g/mol. The highest BCUT2D eigenvalue weighted by Gasteiger charge is 2.17. The van der Waals surface area contributed by atoms with Crippen LogP contribution in [0.1, 0.15) is 16.2 Å². The molecule has 1 aliphatic heterocycles. The number of carbonyl (C=O) groups excluding carboxylic acids is 1. The molecule has 1 N–H and O–H groups in total. The van der Waals surface area contributed by atoms with Crippen molar-refractivity contribution in [1.82, 2.24) is 15.3 Å². The van der Waals surface area contributed by atoms with Crippen molar-refractivity contribution in [2.24, 2.45) is 0 Å². The van der Waals surface area contributed by atoms with Gasteiger partial charge in [-0.2, -0.15) is 0 Å². The van der Waals surface area contributed by atoms with Gasteiger partial charge in [-0.3, -0.25) is 4.79 Å². The highest BCUT2D eigenvalue weighted by molar-refractivity contribution is 7.13. The Morgan fingerprint density at radius 1 is 1.19 bits per heavy atom. The van der Waals surface area contributed by atoms with E-state index in [0.717, 1.165) is 27.8 Å². The highest BCUT2D eigenvalue weighted by atomic mass is 32.1. The van der Waals surface area contributed by atoms with Gasteiger partial charge in [0, 0.05) is 25.0 Å². The Kier molecular flexibility index (Phi) is 4.64. The van der Waals surface area contributed by atoms with E-state index in [9.17, 15) is 4.79 Å². The Hall–Kier alpha value is -3.13. The van der Waals surface area contributed by atoms with Crippen LogP contribution in [0.2, 0.25) is 0 Å². The lowest BCUT2D eigenvalue weighted by atomic mass is 10.2. The molecule has 138 valence electrons. The third-order valence-electron chi connectivity index (χ3n) is 4.04. The third kappa shape index (κ3) is 3.70. The summed E-state index contributed by atoms with van der Waals surface area (Å²) in [7, 11) is 3.86. The van der Waals surface area contributed by atoms with Crippen molar-refractivity contribution in [3.63, 3.8) is 0 Å². The molecule has 8 heteroatoms. The van der Waals surface area contributed by atoms with Gasteiger partial charge in [-0.15, -0.1) is 11.3 Å². The monoisotopic (exact) mass is 382 g/mol. The number of ether oxygens (including phenoxy) is 2. The van der Waals surface area contributed by atoms with Crippen LogP contribution in [-0.2, 0) is 6.54 Å². The molecule has 4 rings (SSSR count).